The molecule has 1 heterocycles. The molecular weight excluding hydrogens is 264 g/mol. The van der Waals surface area contributed by atoms with Crippen molar-refractivity contribution >= 4 is 29.1 Å². The van der Waals surface area contributed by atoms with Crippen molar-refractivity contribution in [2.75, 3.05) is 5.32 Å². The van der Waals surface area contributed by atoms with Gasteiger partial charge in [-0.1, -0.05) is 16.7 Å². The summed E-state index contributed by atoms with van der Waals surface area (Å²) < 4.78 is 0. The molecule has 0 radical (unpaired) electrons. The maximum absolute atomic E-state index is 11.8. The van der Waals surface area contributed by atoms with Gasteiger partial charge in [0.15, 0.2) is 0 Å². The van der Waals surface area contributed by atoms with Gasteiger partial charge in [-0.15, -0.1) is 5.10 Å². The van der Waals surface area contributed by atoms with Gasteiger partial charge in [0.1, 0.15) is 0 Å². The van der Waals surface area contributed by atoms with E-state index < -0.39 is 10.8 Å². The number of tetrazole rings is 1. The van der Waals surface area contributed by atoms with Crippen LogP contribution >= 0.6 is 11.6 Å². The highest BCUT2D eigenvalue weighted by molar-refractivity contribution is 6.34. The summed E-state index contributed by atoms with van der Waals surface area (Å²) in [6.45, 7) is 0. The number of benzene rings is 1. The van der Waals surface area contributed by atoms with Crippen LogP contribution in [0.3, 0.4) is 0 Å². The summed E-state index contributed by atoms with van der Waals surface area (Å²) in [4.78, 5) is 21.7. The molecule has 18 heavy (non-hydrogen) atoms. The number of nitrogens with zero attached hydrogens (tertiary/aromatic N) is 4. The Hall–Kier alpha value is -2.55. The van der Waals surface area contributed by atoms with Crippen LogP contribution in [0.4, 0.5) is 11.6 Å². The lowest BCUT2D eigenvalue weighted by Crippen LogP contribution is -2.14. The van der Waals surface area contributed by atoms with Crippen molar-refractivity contribution in [2.45, 2.75) is 0 Å². The molecule has 0 spiro atoms. The maximum Gasteiger partial charge on any atom is 0.270 e. The third-order valence-electron chi connectivity index (χ3n) is 1.98. The number of carbonyl (C=O) groups excluding carboxylic acids is 1. The van der Waals surface area contributed by atoms with Crippen LogP contribution in [0, 0.1) is 10.1 Å². The zero-order valence-electron chi connectivity index (χ0n) is 8.62. The molecule has 10 heteroatoms. The van der Waals surface area contributed by atoms with Crippen molar-refractivity contribution in [3.8, 4) is 0 Å². The quantitative estimate of drug-likeness (QED) is 0.632. The first-order valence-corrected chi connectivity index (χ1v) is 4.94. The van der Waals surface area contributed by atoms with Gasteiger partial charge in [0.05, 0.1) is 15.5 Å². The van der Waals surface area contributed by atoms with E-state index in [1.165, 1.54) is 12.1 Å². The first-order chi connectivity index (χ1) is 8.58. The Balaban J connectivity index is 2.29. The highest BCUT2D eigenvalue weighted by Crippen LogP contribution is 2.22. The molecule has 0 unspecified atom stereocenters. The molecule has 2 rings (SSSR count). The predicted molar refractivity (Wildman–Crippen MR) is 60.2 cm³/mol. The van der Waals surface area contributed by atoms with E-state index in [1.807, 2.05) is 0 Å². The van der Waals surface area contributed by atoms with Crippen LogP contribution in [-0.2, 0) is 0 Å². The number of nitro groups is 1. The average molecular weight is 269 g/mol. The molecule has 92 valence electrons. The topological polar surface area (TPSA) is 127 Å². The number of hydrogen-bond donors (Lipinski definition) is 2. The van der Waals surface area contributed by atoms with E-state index in [-0.39, 0.29) is 22.2 Å². The Morgan fingerprint density at radius 3 is 2.89 bits per heavy atom. The van der Waals surface area contributed by atoms with E-state index >= 15 is 0 Å². The van der Waals surface area contributed by atoms with E-state index in [1.54, 1.807) is 0 Å². The molecule has 0 aliphatic rings. The number of non-ortho nitro benzene ring substituents is 1. The zero-order valence-corrected chi connectivity index (χ0v) is 9.38. The number of hydrogen-bond acceptors (Lipinski definition) is 6. The largest absolute Gasteiger partial charge is 0.288 e. The number of H-pyrrole nitrogens is 1. The Bertz CT molecular complexity index is 599. The molecule has 0 bridgehead atoms. The number of carbonyl (C=O) groups is 1. The zero-order chi connectivity index (χ0) is 13.1. The minimum absolute atomic E-state index is 0.0457. The highest BCUT2D eigenvalue weighted by atomic mass is 35.5. The van der Waals surface area contributed by atoms with Gasteiger partial charge < -0.3 is 0 Å². The summed E-state index contributed by atoms with van der Waals surface area (Å²) in [5.74, 6) is -0.715. The van der Waals surface area contributed by atoms with Gasteiger partial charge in [-0.05, 0) is 11.3 Å². The Labute approximate surface area is 104 Å². The minimum atomic E-state index is -0.662. The monoisotopic (exact) mass is 268 g/mol. The van der Waals surface area contributed by atoms with Crippen LogP contribution in [0.25, 0.3) is 0 Å². The summed E-state index contributed by atoms with van der Waals surface area (Å²) in [6.07, 6.45) is 0. The summed E-state index contributed by atoms with van der Waals surface area (Å²) in [5, 5.41) is 25.4. The molecule has 0 aliphatic heterocycles. The van der Waals surface area contributed by atoms with Crippen LogP contribution in [0.15, 0.2) is 18.2 Å². The predicted octanol–water partition coefficient (Wildman–Crippen LogP) is 1.01. The molecule has 1 amide bonds. The average Bonchev–Trinajstić information content (AvgIpc) is 2.81. The molecule has 0 fully saturated rings. The number of nitrogens with one attached hydrogen (secondary N) is 2. The van der Waals surface area contributed by atoms with Crippen molar-refractivity contribution < 1.29 is 9.72 Å². The molecule has 1 aromatic carbocycles. The summed E-state index contributed by atoms with van der Waals surface area (Å²) in [7, 11) is 0. The molecule has 0 atom stereocenters. The van der Waals surface area contributed by atoms with Crippen molar-refractivity contribution in [3.05, 3.63) is 38.9 Å². The standard InChI is InChI=1S/C8H5ClN6O3/c9-6-2-1-4(15(17)18)3-5(6)7(16)10-8-11-13-14-12-8/h1-3H,(H2,10,11,12,13,14,16). The Morgan fingerprint density at radius 1 is 1.50 bits per heavy atom. The minimum Gasteiger partial charge on any atom is -0.288 e. The van der Waals surface area contributed by atoms with Gasteiger partial charge in [-0.3, -0.25) is 20.2 Å². The SMILES string of the molecule is O=C(Nc1nn[nH]n1)c1cc([N+](=O)[O-])ccc1Cl. The summed E-state index contributed by atoms with van der Waals surface area (Å²) in [5.41, 5.74) is -0.284. The Morgan fingerprint density at radius 2 is 2.28 bits per heavy atom. The molecule has 2 N–H and O–H groups in total. The number of amides is 1. The van der Waals surface area contributed by atoms with Crippen LogP contribution < -0.4 is 5.32 Å². The molecular formula is C8H5ClN6O3. The molecule has 0 saturated carbocycles. The fourth-order valence-electron chi connectivity index (χ4n) is 1.18. The third kappa shape index (κ3) is 2.40. The number of halogens is 1. The van der Waals surface area contributed by atoms with E-state index in [9.17, 15) is 14.9 Å². The fraction of sp³-hybridized carbons (Fsp3) is 0. The maximum atomic E-state index is 11.8. The van der Waals surface area contributed by atoms with Crippen molar-refractivity contribution in [2.24, 2.45) is 0 Å². The molecule has 0 aliphatic carbocycles. The third-order valence-corrected chi connectivity index (χ3v) is 2.31. The normalized spacial score (nSPS) is 10.1. The van der Waals surface area contributed by atoms with E-state index in [4.69, 9.17) is 11.6 Å². The van der Waals surface area contributed by atoms with Crippen LogP contribution in [0.5, 0.6) is 0 Å². The molecule has 9 nitrogen and oxygen atoms in total. The second-order valence-electron chi connectivity index (χ2n) is 3.11. The highest BCUT2D eigenvalue weighted by Gasteiger charge is 2.16. The summed E-state index contributed by atoms with van der Waals surface area (Å²) >= 11 is 5.79. The number of aromatic nitrogens is 4. The number of aromatic amines is 1. The number of rotatable bonds is 3. The van der Waals surface area contributed by atoms with Crippen molar-refractivity contribution in [1.29, 1.82) is 0 Å². The van der Waals surface area contributed by atoms with Crippen LogP contribution in [-0.4, -0.2) is 31.5 Å². The smallest absolute Gasteiger partial charge is 0.270 e. The van der Waals surface area contributed by atoms with E-state index in [0.29, 0.717) is 0 Å². The first-order valence-electron chi connectivity index (χ1n) is 4.56. The summed E-state index contributed by atoms with van der Waals surface area (Å²) in [6, 6.07) is 3.54. The van der Waals surface area contributed by atoms with Gasteiger partial charge in [0.25, 0.3) is 17.5 Å². The van der Waals surface area contributed by atoms with E-state index in [0.717, 1.165) is 6.07 Å². The van der Waals surface area contributed by atoms with Gasteiger partial charge in [-0.2, -0.15) is 5.21 Å². The first kappa shape index (κ1) is 11.9. The van der Waals surface area contributed by atoms with Gasteiger partial charge in [0, 0.05) is 12.1 Å². The van der Waals surface area contributed by atoms with Gasteiger partial charge in [-0.25, -0.2) is 0 Å². The molecule has 0 saturated heterocycles. The fourth-order valence-corrected chi connectivity index (χ4v) is 1.39. The Kier molecular flexibility index (Phi) is 3.15. The second-order valence-corrected chi connectivity index (χ2v) is 3.52. The van der Waals surface area contributed by atoms with Gasteiger partial charge in [0.2, 0.25) is 0 Å². The van der Waals surface area contributed by atoms with Crippen molar-refractivity contribution in [3.63, 3.8) is 0 Å². The number of nitro benzene ring substituents is 1. The van der Waals surface area contributed by atoms with Crippen molar-refractivity contribution in [1.82, 2.24) is 20.6 Å². The van der Waals surface area contributed by atoms with Crippen LogP contribution in [0.1, 0.15) is 10.4 Å². The number of anilines is 1. The lowest BCUT2D eigenvalue weighted by atomic mass is 10.2. The molecule has 2 aromatic rings. The second kappa shape index (κ2) is 4.75. The lowest BCUT2D eigenvalue weighted by Gasteiger charge is -2.02. The van der Waals surface area contributed by atoms with Crippen LogP contribution in [0.2, 0.25) is 5.02 Å². The molecule has 1 aromatic heterocycles. The van der Waals surface area contributed by atoms with Gasteiger partial charge >= 0.3 is 0 Å². The lowest BCUT2D eigenvalue weighted by molar-refractivity contribution is -0.384. The van der Waals surface area contributed by atoms with E-state index in [2.05, 4.69) is 25.9 Å².